The van der Waals surface area contributed by atoms with Crippen LogP contribution in [0.1, 0.15) is 38.3 Å². The lowest BCUT2D eigenvalue weighted by molar-refractivity contribution is 0.100. The zero-order valence-corrected chi connectivity index (χ0v) is 15.9. The van der Waals surface area contributed by atoms with Crippen molar-refractivity contribution in [2.45, 2.75) is 6.92 Å². The average molecular weight is 389 g/mol. The molecule has 3 rings (SSSR count). The van der Waals surface area contributed by atoms with Gasteiger partial charge in [0.1, 0.15) is 17.1 Å². The highest BCUT2D eigenvalue weighted by molar-refractivity contribution is 6.06. The van der Waals surface area contributed by atoms with Crippen LogP contribution in [-0.2, 0) is 0 Å². The number of carbonyl (C=O) groups excluding carboxylic acids is 3. The van der Waals surface area contributed by atoms with E-state index in [2.05, 4.69) is 15.6 Å². The first-order valence-electron chi connectivity index (χ1n) is 8.81. The fraction of sp³-hybridized carbons (Fsp3) is 0.0909. The normalized spacial score (nSPS) is 10.1. The van der Waals surface area contributed by atoms with Crippen LogP contribution >= 0.6 is 0 Å². The van der Waals surface area contributed by atoms with Gasteiger partial charge in [-0.25, -0.2) is 4.98 Å². The van der Waals surface area contributed by atoms with E-state index < -0.39 is 11.8 Å². The number of rotatable bonds is 6. The van der Waals surface area contributed by atoms with Crippen molar-refractivity contribution in [3.63, 3.8) is 0 Å². The summed E-state index contributed by atoms with van der Waals surface area (Å²) in [6, 6.07) is 18.0. The highest BCUT2D eigenvalue weighted by Crippen LogP contribution is 2.16. The quantitative estimate of drug-likeness (QED) is 0.625. The molecule has 0 bridgehead atoms. The van der Waals surface area contributed by atoms with Crippen LogP contribution < -0.4 is 15.4 Å². The Kier molecular flexibility index (Phi) is 5.99. The number of methoxy groups -OCH3 is 1. The van der Waals surface area contributed by atoms with E-state index in [0.29, 0.717) is 22.7 Å². The topological polar surface area (TPSA) is 97.4 Å². The molecule has 0 aliphatic heterocycles. The summed E-state index contributed by atoms with van der Waals surface area (Å²) >= 11 is 0. The van der Waals surface area contributed by atoms with Crippen LogP contribution in [0.2, 0.25) is 0 Å². The number of amides is 2. The first kappa shape index (κ1) is 19.8. The van der Waals surface area contributed by atoms with Crippen molar-refractivity contribution in [1.29, 1.82) is 0 Å². The molecule has 0 atom stereocenters. The first-order chi connectivity index (χ1) is 14.0. The first-order valence-corrected chi connectivity index (χ1v) is 8.81. The molecular formula is C22H19N3O4. The lowest BCUT2D eigenvalue weighted by Gasteiger charge is -2.08. The summed E-state index contributed by atoms with van der Waals surface area (Å²) in [5.74, 6) is -0.272. The van der Waals surface area contributed by atoms with E-state index in [4.69, 9.17) is 4.74 Å². The number of Topliss-reactive ketones (excluding diaryl/α,β-unsaturated/α-hetero) is 1. The van der Waals surface area contributed by atoms with Crippen molar-refractivity contribution in [1.82, 2.24) is 4.98 Å². The van der Waals surface area contributed by atoms with Gasteiger partial charge in [-0.05, 0) is 67.6 Å². The molecule has 0 fully saturated rings. The fourth-order valence-corrected chi connectivity index (χ4v) is 2.54. The summed E-state index contributed by atoms with van der Waals surface area (Å²) in [6.45, 7) is 1.47. The molecule has 1 aromatic heterocycles. The maximum Gasteiger partial charge on any atom is 0.274 e. The Hall–Kier alpha value is -4.00. The van der Waals surface area contributed by atoms with Crippen LogP contribution in [0.4, 0.5) is 11.4 Å². The molecule has 0 unspecified atom stereocenters. The SMILES string of the molecule is COc1ccc(NC(=O)c2cccc(C(=O)Nc3ccc(C(C)=O)cc3)n2)cc1. The van der Waals surface area contributed by atoms with Gasteiger partial charge >= 0.3 is 0 Å². The minimum absolute atomic E-state index is 0.0554. The molecule has 0 spiro atoms. The van der Waals surface area contributed by atoms with E-state index in [-0.39, 0.29) is 17.2 Å². The molecular weight excluding hydrogens is 370 g/mol. The Bertz CT molecular complexity index is 1040. The van der Waals surface area contributed by atoms with Crippen LogP contribution in [0, 0.1) is 0 Å². The molecule has 0 saturated heterocycles. The minimum atomic E-state index is -0.459. The number of nitrogens with zero attached hydrogens (tertiary/aromatic N) is 1. The molecule has 0 aliphatic carbocycles. The van der Waals surface area contributed by atoms with Gasteiger partial charge in [-0.2, -0.15) is 0 Å². The van der Waals surface area contributed by atoms with E-state index in [9.17, 15) is 14.4 Å². The van der Waals surface area contributed by atoms with Gasteiger partial charge in [-0.3, -0.25) is 14.4 Å². The van der Waals surface area contributed by atoms with Crippen LogP contribution in [0.5, 0.6) is 5.75 Å². The summed E-state index contributed by atoms with van der Waals surface area (Å²) in [5.41, 5.74) is 1.87. The zero-order chi connectivity index (χ0) is 20.8. The van der Waals surface area contributed by atoms with Crippen molar-refractivity contribution < 1.29 is 19.1 Å². The highest BCUT2D eigenvalue weighted by atomic mass is 16.5. The van der Waals surface area contributed by atoms with E-state index in [1.54, 1.807) is 61.7 Å². The number of hydrogen-bond acceptors (Lipinski definition) is 5. The molecule has 0 radical (unpaired) electrons. The summed E-state index contributed by atoms with van der Waals surface area (Å²) < 4.78 is 5.08. The summed E-state index contributed by atoms with van der Waals surface area (Å²) in [4.78, 5) is 40.3. The van der Waals surface area contributed by atoms with Gasteiger partial charge in [-0.1, -0.05) is 6.07 Å². The van der Waals surface area contributed by atoms with Crippen molar-refractivity contribution in [2.24, 2.45) is 0 Å². The molecule has 2 aromatic carbocycles. The Balaban J connectivity index is 1.69. The number of carbonyl (C=O) groups is 3. The van der Waals surface area contributed by atoms with E-state index in [1.165, 1.54) is 19.1 Å². The second kappa shape index (κ2) is 8.79. The molecule has 2 amide bonds. The fourth-order valence-electron chi connectivity index (χ4n) is 2.54. The number of ketones is 1. The largest absolute Gasteiger partial charge is 0.497 e. The highest BCUT2D eigenvalue weighted by Gasteiger charge is 2.13. The van der Waals surface area contributed by atoms with Gasteiger partial charge in [-0.15, -0.1) is 0 Å². The lowest BCUT2D eigenvalue weighted by Crippen LogP contribution is -2.18. The zero-order valence-electron chi connectivity index (χ0n) is 15.9. The maximum atomic E-state index is 12.5. The standard InChI is InChI=1S/C22H19N3O4/c1-14(26)15-6-8-16(9-7-15)23-21(27)19-4-3-5-20(25-19)22(28)24-17-10-12-18(29-2)13-11-17/h3-13H,1-2H3,(H,23,27)(H,24,28). The molecule has 29 heavy (non-hydrogen) atoms. The third-order valence-corrected chi connectivity index (χ3v) is 4.11. The second-order valence-electron chi connectivity index (χ2n) is 6.18. The third-order valence-electron chi connectivity index (χ3n) is 4.11. The van der Waals surface area contributed by atoms with Crippen LogP contribution in [0.15, 0.2) is 66.7 Å². The predicted molar refractivity (Wildman–Crippen MR) is 110 cm³/mol. The average Bonchev–Trinajstić information content (AvgIpc) is 2.74. The van der Waals surface area contributed by atoms with E-state index >= 15 is 0 Å². The monoisotopic (exact) mass is 389 g/mol. The van der Waals surface area contributed by atoms with Crippen LogP contribution in [0.3, 0.4) is 0 Å². The Morgan fingerprint density at radius 3 is 1.69 bits per heavy atom. The number of ether oxygens (including phenoxy) is 1. The molecule has 7 nitrogen and oxygen atoms in total. The van der Waals surface area contributed by atoms with E-state index in [0.717, 1.165) is 0 Å². The van der Waals surface area contributed by atoms with Gasteiger partial charge in [0, 0.05) is 16.9 Å². The predicted octanol–water partition coefficient (Wildman–Crippen LogP) is 3.80. The molecule has 3 aromatic rings. The van der Waals surface area contributed by atoms with Gasteiger partial charge < -0.3 is 15.4 Å². The van der Waals surface area contributed by atoms with Gasteiger partial charge in [0.05, 0.1) is 7.11 Å². The molecule has 146 valence electrons. The smallest absolute Gasteiger partial charge is 0.274 e. The lowest BCUT2D eigenvalue weighted by atomic mass is 10.1. The number of anilines is 2. The minimum Gasteiger partial charge on any atom is -0.497 e. The van der Waals surface area contributed by atoms with Gasteiger partial charge in [0.15, 0.2) is 5.78 Å². The number of aromatic nitrogens is 1. The molecule has 2 N–H and O–H groups in total. The number of pyridine rings is 1. The maximum absolute atomic E-state index is 12.5. The Morgan fingerprint density at radius 1 is 0.759 bits per heavy atom. The van der Waals surface area contributed by atoms with Crippen molar-refractivity contribution in [3.8, 4) is 5.75 Å². The number of hydrogen-bond donors (Lipinski definition) is 2. The Morgan fingerprint density at radius 2 is 1.24 bits per heavy atom. The second-order valence-corrected chi connectivity index (χ2v) is 6.18. The molecule has 0 aliphatic rings. The number of benzene rings is 2. The van der Waals surface area contributed by atoms with Crippen LogP contribution in [0.25, 0.3) is 0 Å². The van der Waals surface area contributed by atoms with Crippen LogP contribution in [-0.4, -0.2) is 29.7 Å². The molecule has 7 heteroatoms. The third kappa shape index (κ3) is 5.04. The summed E-state index contributed by atoms with van der Waals surface area (Å²) in [6.07, 6.45) is 0. The Labute approximate surface area is 167 Å². The summed E-state index contributed by atoms with van der Waals surface area (Å²) in [5, 5.41) is 5.42. The van der Waals surface area contributed by atoms with E-state index in [1.807, 2.05) is 0 Å². The van der Waals surface area contributed by atoms with Crippen molar-refractivity contribution >= 4 is 29.0 Å². The number of nitrogens with one attached hydrogen (secondary N) is 2. The van der Waals surface area contributed by atoms with Crippen molar-refractivity contribution in [3.05, 3.63) is 83.7 Å². The van der Waals surface area contributed by atoms with Crippen molar-refractivity contribution in [2.75, 3.05) is 17.7 Å². The van der Waals surface area contributed by atoms with Gasteiger partial charge in [0.25, 0.3) is 11.8 Å². The molecule has 0 saturated carbocycles. The molecule has 1 heterocycles. The van der Waals surface area contributed by atoms with Gasteiger partial charge in [0.2, 0.25) is 0 Å². The summed E-state index contributed by atoms with van der Waals surface area (Å²) in [7, 11) is 1.56.